The van der Waals surface area contributed by atoms with Crippen molar-refractivity contribution in [3.63, 3.8) is 0 Å². The summed E-state index contributed by atoms with van der Waals surface area (Å²) in [6.45, 7) is 6.75. The molecule has 0 bridgehead atoms. The van der Waals surface area contributed by atoms with Crippen LogP contribution in [0.5, 0.6) is 0 Å². The molecule has 3 rings (SSSR count). The van der Waals surface area contributed by atoms with Crippen LogP contribution < -0.4 is 5.32 Å². The smallest absolute Gasteiger partial charge is 0.133 e. The van der Waals surface area contributed by atoms with E-state index in [2.05, 4.69) is 22.3 Å². The summed E-state index contributed by atoms with van der Waals surface area (Å²) in [4.78, 5) is 2.69. The van der Waals surface area contributed by atoms with Crippen molar-refractivity contribution < 1.29 is 4.52 Å². The van der Waals surface area contributed by atoms with Gasteiger partial charge >= 0.3 is 0 Å². The lowest BCUT2D eigenvalue weighted by atomic mass is 9.84. The Labute approximate surface area is 115 Å². The number of rotatable bonds is 4. The maximum absolute atomic E-state index is 5.14. The number of likely N-dealkylation sites (tertiary alicyclic amines) is 1. The van der Waals surface area contributed by atoms with Crippen molar-refractivity contribution in [2.24, 2.45) is 0 Å². The molecule has 4 heteroatoms. The zero-order valence-corrected chi connectivity index (χ0v) is 12.1. The first kappa shape index (κ1) is 13.1. The first-order valence-corrected chi connectivity index (χ1v) is 7.65. The number of hydrogen-bond donors (Lipinski definition) is 1. The van der Waals surface area contributed by atoms with Gasteiger partial charge in [-0.05, 0) is 52.6 Å². The Bertz CT molecular complexity index is 405. The van der Waals surface area contributed by atoms with Gasteiger partial charge in [0.25, 0.3) is 0 Å². The van der Waals surface area contributed by atoms with Gasteiger partial charge in [0.1, 0.15) is 11.5 Å². The third-order valence-electron chi connectivity index (χ3n) is 4.60. The molecule has 1 aliphatic carbocycles. The topological polar surface area (TPSA) is 41.3 Å². The van der Waals surface area contributed by atoms with Crippen molar-refractivity contribution in [3.8, 4) is 0 Å². The Balaban J connectivity index is 1.43. The second-order valence-corrected chi connectivity index (χ2v) is 6.17. The number of piperidine rings is 1. The average molecular weight is 263 g/mol. The lowest BCUT2D eigenvalue weighted by Gasteiger charge is -2.45. The largest absolute Gasteiger partial charge is 0.361 e. The molecule has 1 unspecified atom stereocenters. The van der Waals surface area contributed by atoms with Crippen LogP contribution in [-0.4, -0.2) is 35.2 Å². The highest BCUT2D eigenvalue weighted by molar-refractivity contribution is 5.08. The minimum atomic E-state index is 0.296. The first-order valence-electron chi connectivity index (χ1n) is 7.65. The fourth-order valence-corrected chi connectivity index (χ4v) is 3.33. The molecule has 1 aromatic heterocycles. The molecule has 2 aliphatic rings. The van der Waals surface area contributed by atoms with Gasteiger partial charge < -0.3 is 14.7 Å². The standard InChI is InChI=1S/C15H25N3O/c1-11-8-15(17-19-11)12(2)16-13-9-14(10-13)18-6-4-3-5-7-18/h8,12-14,16H,3-7,9-10H2,1-2H3. The zero-order chi connectivity index (χ0) is 13.2. The van der Waals surface area contributed by atoms with Gasteiger partial charge in [-0.2, -0.15) is 0 Å². The van der Waals surface area contributed by atoms with Gasteiger partial charge in [-0.15, -0.1) is 0 Å². The Morgan fingerprint density at radius 3 is 2.68 bits per heavy atom. The number of nitrogens with zero attached hydrogens (tertiary/aromatic N) is 2. The van der Waals surface area contributed by atoms with Crippen molar-refractivity contribution in [3.05, 3.63) is 17.5 Å². The van der Waals surface area contributed by atoms with Crippen LogP contribution in [0.15, 0.2) is 10.6 Å². The van der Waals surface area contributed by atoms with Crippen molar-refractivity contribution >= 4 is 0 Å². The van der Waals surface area contributed by atoms with E-state index in [1.54, 1.807) is 0 Å². The highest BCUT2D eigenvalue weighted by Crippen LogP contribution is 2.29. The maximum atomic E-state index is 5.14. The molecule has 4 nitrogen and oxygen atoms in total. The van der Waals surface area contributed by atoms with Crippen molar-refractivity contribution in [1.82, 2.24) is 15.4 Å². The molecule has 106 valence electrons. The molecule has 1 atom stereocenters. The summed E-state index contributed by atoms with van der Waals surface area (Å²) >= 11 is 0. The molecule has 2 fully saturated rings. The second kappa shape index (κ2) is 5.63. The summed E-state index contributed by atoms with van der Waals surface area (Å²) in [5.41, 5.74) is 1.03. The number of nitrogens with one attached hydrogen (secondary N) is 1. The number of aromatic nitrogens is 1. The molecule has 1 aromatic rings. The van der Waals surface area contributed by atoms with E-state index in [-0.39, 0.29) is 0 Å². The van der Waals surface area contributed by atoms with Crippen LogP contribution in [0, 0.1) is 6.92 Å². The molecule has 0 amide bonds. The number of aryl methyl sites for hydroxylation is 1. The van der Waals surface area contributed by atoms with Gasteiger partial charge in [-0.25, -0.2) is 0 Å². The van der Waals surface area contributed by atoms with Crippen LogP contribution in [0.2, 0.25) is 0 Å². The van der Waals surface area contributed by atoms with Gasteiger partial charge in [-0.3, -0.25) is 0 Å². The van der Waals surface area contributed by atoms with Gasteiger partial charge in [0, 0.05) is 18.2 Å². The van der Waals surface area contributed by atoms with Crippen LogP contribution in [0.25, 0.3) is 0 Å². The van der Waals surface area contributed by atoms with E-state index in [0.717, 1.165) is 17.5 Å². The van der Waals surface area contributed by atoms with E-state index >= 15 is 0 Å². The van der Waals surface area contributed by atoms with Gasteiger partial charge in [-0.1, -0.05) is 11.6 Å². The third-order valence-corrected chi connectivity index (χ3v) is 4.60. The predicted octanol–water partition coefficient (Wildman–Crippen LogP) is 2.65. The normalized spacial score (nSPS) is 30.0. The zero-order valence-electron chi connectivity index (χ0n) is 12.1. The van der Waals surface area contributed by atoms with Crippen molar-refractivity contribution in [1.29, 1.82) is 0 Å². The van der Waals surface area contributed by atoms with Crippen LogP contribution in [0.4, 0.5) is 0 Å². The summed E-state index contributed by atoms with van der Waals surface area (Å²) in [6.07, 6.45) is 6.79. The minimum Gasteiger partial charge on any atom is -0.361 e. The van der Waals surface area contributed by atoms with E-state index in [4.69, 9.17) is 4.52 Å². The van der Waals surface area contributed by atoms with Crippen LogP contribution in [-0.2, 0) is 0 Å². The van der Waals surface area contributed by atoms with E-state index in [1.807, 2.05) is 13.0 Å². The molecule has 1 saturated carbocycles. The Morgan fingerprint density at radius 2 is 2.05 bits per heavy atom. The second-order valence-electron chi connectivity index (χ2n) is 6.17. The SMILES string of the molecule is Cc1cc(C(C)NC2CC(N3CCCCC3)C2)no1. The molecule has 0 aromatic carbocycles. The van der Waals surface area contributed by atoms with E-state index in [9.17, 15) is 0 Å². The van der Waals surface area contributed by atoms with E-state index < -0.39 is 0 Å². The Hall–Kier alpha value is -0.870. The molecule has 19 heavy (non-hydrogen) atoms. The Morgan fingerprint density at radius 1 is 1.32 bits per heavy atom. The maximum Gasteiger partial charge on any atom is 0.133 e. The summed E-state index contributed by atoms with van der Waals surface area (Å²) in [5, 5.41) is 7.75. The van der Waals surface area contributed by atoms with Crippen molar-refractivity contribution in [2.75, 3.05) is 13.1 Å². The molecule has 0 spiro atoms. The van der Waals surface area contributed by atoms with E-state index in [0.29, 0.717) is 12.1 Å². The third kappa shape index (κ3) is 3.00. The van der Waals surface area contributed by atoms with Crippen molar-refractivity contribution in [2.45, 2.75) is 64.1 Å². The van der Waals surface area contributed by atoms with Gasteiger partial charge in [0.2, 0.25) is 0 Å². The Kier molecular flexibility index (Phi) is 3.89. The van der Waals surface area contributed by atoms with Crippen LogP contribution >= 0.6 is 0 Å². The quantitative estimate of drug-likeness (QED) is 0.906. The predicted molar refractivity (Wildman–Crippen MR) is 75.0 cm³/mol. The van der Waals surface area contributed by atoms with Gasteiger partial charge in [0.15, 0.2) is 0 Å². The molecule has 1 saturated heterocycles. The average Bonchev–Trinajstić information content (AvgIpc) is 2.81. The van der Waals surface area contributed by atoms with E-state index in [1.165, 1.54) is 45.2 Å². The molecule has 1 aliphatic heterocycles. The summed E-state index contributed by atoms with van der Waals surface area (Å²) in [5.74, 6) is 0.892. The monoisotopic (exact) mass is 263 g/mol. The minimum absolute atomic E-state index is 0.296. The van der Waals surface area contributed by atoms with Crippen LogP contribution in [0.1, 0.15) is 56.5 Å². The molecular weight excluding hydrogens is 238 g/mol. The fourth-order valence-electron chi connectivity index (χ4n) is 3.33. The lowest BCUT2D eigenvalue weighted by Crippen LogP contribution is -2.54. The van der Waals surface area contributed by atoms with Crippen LogP contribution in [0.3, 0.4) is 0 Å². The highest BCUT2D eigenvalue weighted by atomic mass is 16.5. The summed E-state index contributed by atoms with van der Waals surface area (Å²) < 4.78 is 5.14. The molecule has 0 radical (unpaired) electrons. The summed E-state index contributed by atoms with van der Waals surface area (Å²) in [6, 6.07) is 3.80. The fraction of sp³-hybridized carbons (Fsp3) is 0.800. The highest BCUT2D eigenvalue weighted by Gasteiger charge is 2.34. The molecule has 1 N–H and O–H groups in total. The number of hydrogen-bond acceptors (Lipinski definition) is 4. The van der Waals surface area contributed by atoms with Gasteiger partial charge in [0.05, 0.1) is 6.04 Å². The molecule has 2 heterocycles. The lowest BCUT2D eigenvalue weighted by molar-refractivity contribution is 0.0745. The summed E-state index contributed by atoms with van der Waals surface area (Å²) in [7, 11) is 0. The molecular formula is C15H25N3O. The first-order chi connectivity index (χ1) is 9.22.